The Bertz CT molecular complexity index is 655. The molecule has 1 saturated heterocycles. The van der Waals surface area contributed by atoms with Crippen LogP contribution < -0.4 is 5.43 Å². The minimum atomic E-state index is -0.760. The molecular weight excluding hydrogens is 352 g/mol. The van der Waals surface area contributed by atoms with Gasteiger partial charge in [0.1, 0.15) is 0 Å². The van der Waals surface area contributed by atoms with Crippen LogP contribution in [0.1, 0.15) is 70.3 Å². The third kappa shape index (κ3) is 4.93. The van der Waals surface area contributed by atoms with Gasteiger partial charge in [0, 0.05) is 12.6 Å². The smallest absolute Gasteiger partial charge is 0.306 e. The standard InChI is InChI=1S/C23H34N2O3/c1-2-9-19(21(26)27)17-23(13-6-7-14-23)22(28)24-25-15-8-12-20(25)16-18-10-4-3-5-11-18/h3-5,10-11,19-20H,2,6-9,12-17H2,1H3,(H,24,28)(H,26,27)/t19?,20-/m0/s1. The predicted molar refractivity (Wildman–Crippen MR) is 110 cm³/mol. The van der Waals surface area contributed by atoms with Gasteiger partial charge in [-0.15, -0.1) is 0 Å². The molecule has 1 amide bonds. The van der Waals surface area contributed by atoms with Crippen LogP contribution in [0.15, 0.2) is 30.3 Å². The van der Waals surface area contributed by atoms with E-state index >= 15 is 0 Å². The maximum absolute atomic E-state index is 13.3. The summed E-state index contributed by atoms with van der Waals surface area (Å²) in [6.07, 6.45) is 8.69. The van der Waals surface area contributed by atoms with Gasteiger partial charge in [-0.05, 0) is 50.5 Å². The molecule has 2 N–H and O–H groups in total. The van der Waals surface area contributed by atoms with E-state index in [1.807, 2.05) is 13.0 Å². The summed E-state index contributed by atoms with van der Waals surface area (Å²) < 4.78 is 0. The molecule has 0 spiro atoms. The lowest BCUT2D eigenvalue weighted by atomic mass is 9.76. The molecule has 1 aromatic carbocycles. The number of rotatable bonds is 9. The summed E-state index contributed by atoms with van der Waals surface area (Å²) in [6, 6.07) is 10.7. The number of amides is 1. The normalized spacial score (nSPS) is 22.8. The second-order valence-corrected chi connectivity index (χ2v) is 8.64. The van der Waals surface area contributed by atoms with Crippen LogP contribution in [0.3, 0.4) is 0 Å². The van der Waals surface area contributed by atoms with Crippen LogP contribution in [-0.4, -0.2) is 34.6 Å². The van der Waals surface area contributed by atoms with E-state index in [9.17, 15) is 14.7 Å². The maximum Gasteiger partial charge on any atom is 0.306 e. The summed E-state index contributed by atoms with van der Waals surface area (Å²) in [6.45, 7) is 2.88. The summed E-state index contributed by atoms with van der Waals surface area (Å²) in [4.78, 5) is 25.0. The van der Waals surface area contributed by atoms with Crippen LogP contribution in [0.2, 0.25) is 0 Å². The average molecular weight is 387 g/mol. The third-order valence-electron chi connectivity index (χ3n) is 6.60. The van der Waals surface area contributed by atoms with E-state index in [-0.39, 0.29) is 5.91 Å². The highest BCUT2D eigenvalue weighted by atomic mass is 16.4. The largest absolute Gasteiger partial charge is 0.481 e. The van der Waals surface area contributed by atoms with Crippen molar-refractivity contribution in [1.82, 2.24) is 10.4 Å². The Morgan fingerprint density at radius 2 is 1.93 bits per heavy atom. The third-order valence-corrected chi connectivity index (χ3v) is 6.60. The Labute approximate surface area is 168 Å². The summed E-state index contributed by atoms with van der Waals surface area (Å²) in [5.74, 6) is -1.14. The molecule has 1 unspecified atom stereocenters. The minimum absolute atomic E-state index is 0.0484. The Balaban J connectivity index is 1.67. The van der Waals surface area contributed by atoms with Crippen molar-refractivity contribution in [2.24, 2.45) is 11.3 Å². The molecule has 2 atom stereocenters. The van der Waals surface area contributed by atoms with Gasteiger partial charge in [-0.3, -0.25) is 15.0 Å². The van der Waals surface area contributed by atoms with E-state index in [1.54, 1.807) is 0 Å². The summed E-state index contributed by atoms with van der Waals surface area (Å²) in [5, 5.41) is 11.7. The van der Waals surface area contributed by atoms with Gasteiger partial charge in [-0.25, -0.2) is 5.01 Å². The first-order valence-corrected chi connectivity index (χ1v) is 10.9. The number of carboxylic acids is 1. The number of hydrogen-bond donors (Lipinski definition) is 2. The Morgan fingerprint density at radius 3 is 2.57 bits per heavy atom. The van der Waals surface area contributed by atoms with Gasteiger partial charge in [0.2, 0.25) is 5.91 Å². The molecule has 1 aliphatic carbocycles. The number of carboxylic acid groups (broad SMARTS) is 1. The van der Waals surface area contributed by atoms with Crippen molar-refractivity contribution in [3.63, 3.8) is 0 Å². The molecule has 3 rings (SSSR count). The Hall–Kier alpha value is -1.88. The molecule has 0 radical (unpaired) electrons. The highest BCUT2D eigenvalue weighted by Gasteiger charge is 2.45. The van der Waals surface area contributed by atoms with Gasteiger partial charge < -0.3 is 5.11 Å². The average Bonchev–Trinajstić information content (AvgIpc) is 3.33. The highest BCUT2D eigenvalue weighted by Crippen LogP contribution is 2.44. The fraction of sp³-hybridized carbons (Fsp3) is 0.652. The van der Waals surface area contributed by atoms with E-state index in [0.29, 0.717) is 18.9 Å². The fourth-order valence-corrected chi connectivity index (χ4v) is 5.04. The molecule has 1 aromatic rings. The molecule has 0 bridgehead atoms. The minimum Gasteiger partial charge on any atom is -0.481 e. The van der Waals surface area contributed by atoms with Crippen molar-refractivity contribution >= 4 is 11.9 Å². The number of carbonyl (C=O) groups excluding carboxylic acids is 1. The number of nitrogens with one attached hydrogen (secondary N) is 1. The van der Waals surface area contributed by atoms with Crippen LogP contribution in [0.5, 0.6) is 0 Å². The first-order valence-electron chi connectivity index (χ1n) is 10.9. The van der Waals surface area contributed by atoms with Crippen molar-refractivity contribution < 1.29 is 14.7 Å². The molecule has 5 nitrogen and oxygen atoms in total. The first kappa shape index (κ1) is 20.8. The van der Waals surface area contributed by atoms with Crippen LogP contribution in [0.25, 0.3) is 0 Å². The zero-order valence-electron chi connectivity index (χ0n) is 17.0. The number of hydrogen-bond acceptors (Lipinski definition) is 3. The van der Waals surface area contributed by atoms with Gasteiger partial charge in [0.05, 0.1) is 11.3 Å². The highest BCUT2D eigenvalue weighted by molar-refractivity contribution is 5.83. The quantitative estimate of drug-likeness (QED) is 0.668. The molecule has 5 heteroatoms. The van der Waals surface area contributed by atoms with Crippen LogP contribution in [0, 0.1) is 11.3 Å². The van der Waals surface area contributed by atoms with Crippen LogP contribution in [-0.2, 0) is 16.0 Å². The Morgan fingerprint density at radius 1 is 1.21 bits per heavy atom. The SMILES string of the molecule is CCCC(CC1(C(=O)NN2CCC[C@H]2Cc2ccccc2)CCCC1)C(=O)O. The van der Waals surface area contributed by atoms with E-state index in [4.69, 9.17) is 0 Å². The predicted octanol–water partition coefficient (Wildman–Crippen LogP) is 4.18. The van der Waals surface area contributed by atoms with Gasteiger partial charge in [-0.1, -0.05) is 56.5 Å². The fourth-order valence-electron chi connectivity index (χ4n) is 5.04. The first-order chi connectivity index (χ1) is 13.5. The molecular formula is C23H34N2O3. The monoisotopic (exact) mass is 386 g/mol. The van der Waals surface area contributed by atoms with Crippen LogP contribution in [0.4, 0.5) is 0 Å². The van der Waals surface area contributed by atoms with Crippen molar-refractivity contribution in [3.8, 4) is 0 Å². The maximum atomic E-state index is 13.3. The van der Waals surface area contributed by atoms with Gasteiger partial charge in [0.15, 0.2) is 0 Å². The molecule has 1 aliphatic heterocycles. The molecule has 1 heterocycles. The van der Waals surface area contributed by atoms with Gasteiger partial charge in [-0.2, -0.15) is 0 Å². The van der Waals surface area contributed by atoms with Gasteiger partial charge in [0.25, 0.3) is 0 Å². The zero-order valence-corrected chi connectivity index (χ0v) is 17.0. The van der Waals surface area contributed by atoms with Crippen molar-refractivity contribution in [1.29, 1.82) is 0 Å². The molecule has 28 heavy (non-hydrogen) atoms. The second-order valence-electron chi connectivity index (χ2n) is 8.64. The summed E-state index contributed by atoms with van der Waals surface area (Å²) in [5.41, 5.74) is 3.99. The summed E-state index contributed by atoms with van der Waals surface area (Å²) >= 11 is 0. The zero-order chi connectivity index (χ0) is 20.0. The van der Waals surface area contributed by atoms with E-state index in [1.165, 1.54) is 5.56 Å². The molecule has 2 fully saturated rings. The molecule has 2 aliphatic rings. The van der Waals surface area contributed by atoms with E-state index in [0.717, 1.165) is 57.9 Å². The lowest BCUT2D eigenvalue weighted by molar-refractivity contribution is -0.145. The van der Waals surface area contributed by atoms with Crippen molar-refractivity contribution in [2.75, 3.05) is 6.54 Å². The van der Waals surface area contributed by atoms with Crippen LogP contribution >= 0.6 is 0 Å². The molecule has 0 aromatic heterocycles. The molecule has 154 valence electrons. The van der Waals surface area contributed by atoms with E-state index in [2.05, 4.69) is 34.7 Å². The van der Waals surface area contributed by atoms with Crippen molar-refractivity contribution in [2.45, 2.75) is 77.2 Å². The summed E-state index contributed by atoms with van der Waals surface area (Å²) in [7, 11) is 0. The number of aliphatic carboxylic acids is 1. The topological polar surface area (TPSA) is 69.6 Å². The van der Waals surface area contributed by atoms with Gasteiger partial charge >= 0.3 is 5.97 Å². The van der Waals surface area contributed by atoms with E-state index < -0.39 is 17.3 Å². The molecule has 1 saturated carbocycles. The van der Waals surface area contributed by atoms with Crippen molar-refractivity contribution in [3.05, 3.63) is 35.9 Å². The number of benzene rings is 1. The second kappa shape index (κ2) is 9.55. The lowest BCUT2D eigenvalue weighted by Gasteiger charge is -2.34. The number of nitrogens with zero attached hydrogens (tertiary/aromatic N) is 1. The number of hydrazine groups is 1. The lowest BCUT2D eigenvalue weighted by Crippen LogP contribution is -2.51. The number of carbonyl (C=O) groups is 2. The Kier molecular flexibility index (Phi) is 7.11.